The number of likely N-dealkylation sites (N-methyl/N-ethyl adjacent to an activating group) is 1. The van der Waals surface area contributed by atoms with E-state index in [2.05, 4.69) is 37.2 Å². The number of rotatable bonds is 5. The van der Waals surface area contributed by atoms with Crippen LogP contribution in [0, 0.1) is 17.8 Å². The number of carbonyl (C=O) groups excluding carboxylic acids is 3. The number of nitrogens with one attached hydrogen (secondary N) is 2. The third kappa shape index (κ3) is 4.03. The molecule has 3 unspecified atom stereocenters. The van der Waals surface area contributed by atoms with Gasteiger partial charge in [0, 0.05) is 29.4 Å². The fraction of sp³-hybridized carbons (Fsp3) is 0.594. The molecule has 0 saturated carbocycles. The lowest BCUT2D eigenvalue weighted by molar-refractivity contribution is -0.326. The Bertz CT molecular complexity index is 1600. The zero-order valence-electron chi connectivity index (χ0n) is 25.6. The Morgan fingerprint density at radius 3 is 2.68 bits per heavy atom. The number of aromatic amines is 1. The molecule has 3 fully saturated rings. The number of aromatic nitrogens is 1. The fourth-order valence-electron chi connectivity index (χ4n) is 8.17. The van der Waals surface area contributed by atoms with Crippen LogP contribution in [0.3, 0.4) is 0 Å². The van der Waals surface area contributed by atoms with Crippen LogP contribution in [0.2, 0.25) is 0 Å². The fourth-order valence-corrected chi connectivity index (χ4v) is 8.74. The van der Waals surface area contributed by atoms with E-state index in [9.17, 15) is 24.6 Å². The quantitative estimate of drug-likeness (QED) is 0.384. The monoisotopic (exact) mass is 669 g/mol. The van der Waals surface area contributed by atoms with Gasteiger partial charge in [0.05, 0.1) is 10.5 Å². The van der Waals surface area contributed by atoms with Crippen LogP contribution in [0.4, 0.5) is 0 Å². The molecular weight excluding hydrogens is 630 g/mol. The maximum absolute atomic E-state index is 14.5. The summed E-state index contributed by atoms with van der Waals surface area (Å²) in [4.78, 5) is 50.3. The van der Waals surface area contributed by atoms with E-state index in [-0.39, 0.29) is 31.2 Å². The molecule has 4 N–H and O–H groups in total. The molecule has 1 aliphatic carbocycles. The minimum Gasteiger partial charge on any atom is -0.374 e. The molecule has 44 heavy (non-hydrogen) atoms. The molecule has 0 spiro atoms. The number of aliphatic hydroxyl groups excluding tert-OH is 1. The van der Waals surface area contributed by atoms with Crippen LogP contribution in [-0.2, 0) is 25.5 Å². The number of nitrogens with zero attached hydrogens (tertiary/aromatic N) is 3. The number of ether oxygens (including phenoxy) is 1. The number of aliphatic hydroxyl groups is 2. The summed E-state index contributed by atoms with van der Waals surface area (Å²) in [5.74, 6) is -4.79. The lowest BCUT2D eigenvalue weighted by Gasteiger charge is -2.49. The number of hydrogen-bond donors (Lipinski definition) is 4. The summed E-state index contributed by atoms with van der Waals surface area (Å²) >= 11 is 3.69. The Kier molecular flexibility index (Phi) is 6.88. The summed E-state index contributed by atoms with van der Waals surface area (Å²) in [7, 11) is 2.00. The molecule has 11 nitrogen and oxygen atoms in total. The van der Waals surface area contributed by atoms with E-state index in [1.807, 2.05) is 39.1 Å². The Morgan fingerprint density at radius 2 is 1.98 bits per heavy atom. The van der Waals surface area contributed by atoms with Crippen molar-refractivity contribution in [2.45, 2.75) is 89.4 Å². The first-order valence-electron chi connectivity index (χ1n) is 15.6. The van der Waals surface area contributed by atoms with Crippen LogP contribution in [-0.4, -0.2) is 97.2 Å². The number of piperazine rings is 1. The van der Waals surface area contributed by atoms with Crippen molar-refractivity contribution in [3.8, 4) is 0 Å². The van der Waals surface area contributed by atoms with Gasteiger partial charge in [0.1, 0.15) is 18.3 Å². The molecule has 12 heteroatoms. The normalized spacial score (nSPS) is 35.0. The predicted octanol–water partition coefficient (Wildman–Crippen LogP) is 2.51. The molecule has 2 aromatic rings. The number of hydrogen-bond acceptors (Lipinski definition) is 7. The Morgan fingerprint density at radius 1 is 1.23 bits per heavy atom. The lowest BCUT2D eigenvalue weighted by Crippen LogP contribution is -2.72. The average Bonchev–Trinajstić information content (AvgIpc) is 3.58. The summed E-state index contributed by atoms with van der Waals surface area (Å²) in [5.41, 5.74) is 2.49. The smallest absolute Gasteiger partial charge is 0.281 e. The van der Waals surface area contributed by atoms with E-state index >= 15 is 0 Å². The van der Waals surface area contributed by atoms with Crippen molar-refractivity contribution >= 4 is 50.1 Å². The van der Waals surface area contributed by atoms with Gasteiger partial charge in [-0.15, -0.1) is 0 Å². The van der Waals surface area contributed by atoms with E-state index in [1.165, 1.54) is 10.5 Å². The topological polar surface area (TPSA) is 138 Å². The molecule has 1 aromatic carbocycles. The van der Waals surface area contributed by atoms with Crippen LogP contribution in [0.15, 0.2) is 28.9 Å². The van der Waals surface area contributed by atoms with Crippen LogP contribution in [0.1, 0.15) is 58.1 Å². The average molecular weight is 671 g/mol. The molecule has 5 heterocycles. The SMILES string of the molecule is CC(C)C[C@H]1C(=O)N2C(O)CCC2[C@]2(O)O[C@](NC(=O)[C@@H]3C=C4c5cccc6[nH]c(Br)c(c56)CC4N(C)C3)(C(C)C)C(=O)N12. The molecule has 0 bridgehead atoms. The van der Waals surface area contributed by atoms with Crippen LogP contribution in [0.25, 0.3) is 16.5 Å². The summed E-state index contributed by atoms with van der Waals surface area (Å²) in [6.45, 7) is 7.81. The van der Waals surface area contributed by atoms with Gasteiger partial charge in [0.25, 0.3) is 11.8 Å². The number of H-pyrrole nitrogens is 1. The molecule has 7 rings (SSSR count). The molecule has 3 amide bonds. The highest BCUT2D eigenvalue weighted by Crippen LogP contribution is 2.49. The first-order valence-corrected chi connectivity index (χ1v) is 16.4. The maximum atomic E-state index is 14.5. The van der Waals surface area contributed by atoms with Crippen molar-refractivity contribution in [3.05, 3.63) is 40.0 Å². The second kappa shape index (κ2) is 10.1. The third-order valence-corrected chi connectivity index (χ3v) is 11.0. The molecule has 3 saturated heterocycles. The molecule has 236 valence electrons. The minimum atomic E-state index is -2.19. The second-order valence-corrected chi connectivity index (χ2v) is 14.6. The maximum Gasteiger partial charge on any atom is 0.281 e. The van der Waals surface area contributed by atoms with Gasteiger partial charge in [-0.3, -0.25) is 28.9 Å². The molecule has 5 aliphatic rings. The molecule has 0 radical (unpaired) electrons. The second-order valence-electron chi connectivity index (χ2n) is 13.8. The zero-order valence-corrected chi connectivity index (χ0v) is 27.2. The summed E-state index contributed by atoms with van der Waals surface area (Å²) < 4.78 is 7.35. The number of fused-ring (bicyclic) bond motifs is 5. The van der Waals surface area contributed by atoms with Gasteiger partial charge < -0.3 is 25.4 Å². The van der Waals surface area contributed by atoms with Crippen molar-refractivity contribution < 1.29 is 29.3 Å². The van der Waals surface area contributed by atoms with E-state index in [0.29, 0.717) is 6.54 Å². The van der Waals surface area contributed by atoms with E-state index < -0.39 is 59.5 Å². The van der Waals surface area contributed by atoms with Gasteiger partial charge in [-0.1, -0.05) is 45.9 Å². The summed E-state index contributed by atoms with van der Waals surface area (Å²) in [6, 6.07) is 4.24. The summed E-state index contributed by atoms with van der Waals surface area (Å²) in [6.07, 6.45) is 2.52. The highest BCUT2D eigenvalue weighted by atomic mass is 79.9. The van der Waals surface area contributed by atoms with E-state index in [0.717, 1.165) is 38.0 Å². The standard InChI is InChI=1S/C32H40BrN5O6/c1-15(2)11-23-29(41)37-24(9-10-25(37)39)32(43)38(23)30(42)31(44-32,16(3)4)35-28(40)17-12-19-18-7-6-8-21-26(18)20(27(33)34-21)13-22(19)36(5)14-17/h6-8,12,15-17,22-25,34,39,43H,9-11,13-14H2,1-5H3,(H,35,40)/t17-,22?,23+,24?,25?,31-,32+/m1/s1. The number of carbonyl (C=O) groups is 3. The zero-order chi connectivity index (χ0) is 31.5. The van der Waals surface area contributed by atoms with Gasteiger partial charge in [-0.05, 0) is 77.3 Å². The van der Waals surface area contributed by atoms with Crippen molar-refractivity contribution in [2.24, 2.45) is 17.8 Å². The number of amides is 3. The van der Waals surface area contributed by atoms with Crippen molar-refractivity contribution in [2.75, 3.05) is 13.6 Å². The van der Waals surface area contributed by atoms with Crippen LogP contribution in [0.5, 0.6) is 0 Å². The number of halogens is 1. The van der Waals surface area contributed by atoms with Crippen LogP contribution >= 0.6 is 15.9 Å². The van der Waals surface area contributed by atoms with Gasteiger partial charge in [-0.25, -0.2) is 0 Å². The first-order chi connectivity index (χ1) is 20.8. The van der Waals surface area contributed by atoms with Gasteiger partial charge in [0.15, 0.2) is 0 Å². The Labute approximate surface area is 264 Å². The first kappa shape index (κ1) is 29.9. The highest BCUT2D eigenvalue weighted by molar-refractivity contribution is 9.10. The number of benzene rings is 1. The summed E-state index contributed by atoms with van der Waals surface area (Å²) in [5, 5.41) is 26.9. The van der Waals surface area contributed by atoms with Crippen molar-refractivity contribution in [1.29, 1.82) is 0 Å². The Balaban J connectivity index is 1.25. The van der Waals surface area contributed by atoms with Crippen molar-refractivity contribution in [1.82, 2.24) is 25.0 Å². The van der Waals surface area contributed by atoms with E-state index in [4.69, 9.17) is 4.74 Å². The molecule has 1 aromatic heterocycles. The third-order valence-electron chi connectivity index (χ3n) is 10.3. The van der Waals surface area contributed by atoms with Gasteiger partial charge in [0.2, 0.25) is 17.5 Å². The van der Waals surface area contributed by atoms with Gasteiger partial charge in [-0.2, -0.15) is 0 Å². The molecule has 7 atom stereocenters. The van der Waals surface area contributed by atoms with Crippen molar-refractivity contribution in [3.63, 3.8) is 0 Å². The largest absolute Gasteiger partial charge is 0.374 e. The predicted molar refractivity (Wildman–Crippen MR) is 165 cm³/mol. The highest BCUT2D eigenvalue weighted by Gasteiger charge is 2.72. The van der Waals surface area contributed by atoms with Crippen LogP contribution < -0.4 is 5.32 Å². The van der Waals surface area contributed by atoms with E-state index in [1.54, 1.807) is 13.8 Å². The lowest BCUT2D eigenvalue weighted by atomic mass is 9.79. The minimum absolute atomic E-state index is 0.0133. The Hall–Kier alpha value is -2.77. The van der Waals surface area contributed by atoms with Gasteiger partial charge >= 0.3 is 0 Å². The molecular formula is C32H40BrN5O6. The molecule has 4 aliphatic heterocycles.